The lowest BCUT2D eigenvalue weighted by atomic mass is 10.2. The quantitative estimate of drug-likeness (QED) is 0.843. The molecule has 0 aliphatic carbocycles. The van der Waals surface area contributed by atoms with E-state index in [1.807, 2.05) is 6.07 Å². The van der Waals surface area contributed by atoms with Gasteiger partial charge in [0.15, 0.2) is 0 Å². The van der Waals surface area contributed by atoms with Crippen LogP contribution in [0, 0.1) is 0 Å². The summed E-state index contributed by atoms with van der Waals surface area (Å²) in [6.07, 6.45) is 4.74. The fourth-order valence-corrected chi connectivity index (χ4v) is 2.52. The number of carbonyl (C=O) groups is 1. The lowest BCUT2D eigenvalue weighted by molar-refractivity contribution is 0.102. The molecular formula is C15H18Cl3N5O. The highest BCUT2D eigenvalue weighted by molar-refractivity contribution is 6.34. The van der Waals surface area contributed by atoms with E-state index in [4.69, 9.17) is 11.6 Å². The van der Waals surface area contributed by atoms with E-state index in [1.165, 1.54) is 12.4 Å². The van der Waals surface area contributed by atoms with Crippen LogP contribution >= 0.6 is 36.4 Å². The highest BCUT2D eigenvalue weighted by Gasteiger charge is 2.13. The molecule has 0 unspecified atom stereocenters. The lowest BCUT2D eigenvalue weighted by Gasteiger charge is -2.29. The van der Waals surface area contributed by atoms with Crippen molar-refractivity contribution in [2.45, 2.75) is 0 Å². The first-order valence-corrected chi connectivity index (χ1v) is 7.44. The van der Waals surface area contributed by atoms with Crippen LogP contribution < -0.4 is 15.5 Å². The number of amides is 1. The Balaban J connectivity index is 0.00000144. The number of rotatable bonds is 3. The molecule has 1 fully saturated rings. The van der Waals surface area contributed by atoms with E-state index in [9.17, 15) is 4.79 Å². The first kappa shape index (κ1) is 20.4. The Morgan fingerprint density at radius 2 is 1.92 bits per heavy atom. The van der Waals surface area contributed by atoms with Gasteiger partial charge in [0.1, 0.15) is 5.82 Å². The fourth-order valence-electron chi connectivity index (χ4n) is 2.31. The summed E-state index contributed by atoms with van der Waals surface area (Å²) in [5, 5.41) is 6.36. The van der Waals surface area contributed by atoms with Crippen LogP contribution in [-0.4, -0.2) is 42.1 Å². The van der Waals surface area contributed by atoms with Crippen molar-refractivity contribution in [3.63, 3.8) is 0 Å². The molecule has 0 radical (unpaired) electrons. The summed E-state index contributed by atoms with van der Waals surface area (Å²) >= 11 is 5.96. The van der Waals surface area contributed by atoms with Crippen LogP contribution in [0.2, 0.25) is 5.02 Å². The normalized spacial score (nSPS) is 13.5. The second-order valence-electron chi connectivity index (χ2n) is 4.95. The molecule has 0 aromatic carbocycles. The van der Waals surface area contributed by atoms with Crippen molar-refractivity contribution in [2.24, 2.45) is 0 Å². The van der Waals surface area contributed by atoms with Crippen molar-refractivity contribution in [1.82, 2.24) is 15.3 Å². The van der Waals surface area contributed by atoms with Gasteiger partial charge in [0.25, 0.3) is 5.91 Å². The molecule has 1 aliphatic heterocycles. The van der Waals surface area contributed by atoms with Crippen LogP contribution in [0.15, 0.2) is 36.8 Å². The average Bonchev–Trinajstić information content (AvgIpc) is 2.57. The molecule has 130 valence electrons. The summed E-state index contributed by atoms with van der Waals surface area (Å²) in [5.41, 5.74) is 1.44. The number of nitrogens with one attached hydrogen (secondary N) is 2. The zero-order chi connectivity index (χ0) is 15.4. The van der Waals surface area contributed by atoms with Gasteiger partial charge in [-0.25, -0.2) is 4.98 Å². The van der Waals surface area contributed by atoms with Gasteiger partial charge in [-0.15, -0.1) is 24.8 Å². The van der Waals surface area contributed by atoms with E-state index >= 15 is 0 Å². The summed E-state index contributed by atoms with van der Waals surface area (Å²) in [5.74, 6) is 0.201. The van der Waals surface area contributed by atoms with Crippen molar-refractivity contribution in [2.75, 3.05) is 36.4 Å². The number of nitrogens with zero attached hydrogens (tertiary/aromatic N) is 3. The highest BCUT2D eigenvalue weighted by Crippen LogP contribution is 2.18. The summed E-state index contributed by atoms with van der Waals surface area (Å²) in [7, 11) is 0. The molecule has 24 heavy (non-hydrogen) atoms. The first-order valence-electron chi connectivity index (χ1n) is 7.06. The maximum absolute atomic E-state index is 12.1. The Kier molecular flexibility index (Phi) is 8.21. The van der Waals surface area contributed by atoms with E-state index in [-0.39, 0.29) is 30.7 Å². The Hall–Kier alpha value is -1.60. The second kappa shape index (κ2) is 9.64. The van der Waals surface area contributed by atoms with Gasteiger partial charge in [0.2, 0.25) is 0 Å². The minimum atomic E-state index is -0.296. The van der Waals surface area contributed by atoms with E-state index in [2.05, 4.69) is 25.5 Å². The number of aromatic nitrogens is 2. The minimum Gasteiger partial charge on any atom is -0.368 e. The van der Waals surface area contributed by atoms with Gasteiger partial charge in [0.05, 0.1) is 22.5 Å². The van der Waals surface area contributed by atoms with Crippen LogP contribution in [0.1, 0.15) is 10.4 Å². The van der Waals surface area contributed by atoms with Gasteiger partial charge in [-0.2, -0.15) is 0 Å². The minimum absolute atomic E-state index is 0. The molecule has 1 saturated heterocycles. The summed E-state index contributed by atoms with van der Waals surface area (Å²) < 4.78 is 0. The van der Waals surface area contributed by atoms with Crippen LogP contribution in [0.3, 0.4) is 0 Å². The number of carbonyl (C=O) groups excluding carboxylic acids is 1. The molecule has 3 rings (SSSR count). The molecule has 9 heteroatoms. The standard InChI is InChI=1S/C15H16ClN5O.2ClH/c16-13-10-18-4-3-12(13)15(22)20-14-2-1-11(9-19-14)21-7-5-17-6-8-21;;/h1-4,9-10,17H,5-8H2,(H,19,20,22);2*1H. The Bertz CT molecular complexity index is 662. The van der Waals surface area contributed by atoms with E-state index in [1.54, 1.807) is 18.3 Å². The van der Waals surface area contributed by atoms with Crippen molar-refractivity contribution < 1.29 is 4.79 Å². The maximum atomic E-state index is 12.1. The Labute approximate surface area is 157 Å². The number of pyridine rings is 2. The average molecular weight is 391 g/mol. The van der Waals surface area contributed by atoms with Gasteiger partial charge in [-0.1, -0.05) is 11.6 Å². The van der Waals surface area contributed by atoms with Gasteiger partial charge in [0, 0.05) is 38.6 Å². The number of halogens is 3. The summed E-state index contributed by atoms with van der Waals surface area (Å²) in [6, 6.07) is 5.33. The molecule has 1 aliphatic rings. The van der Waals surface area contributed by atoms with Crippen LogP contribution in [-0.2, 0) is 0 Å². The van der Waals surface area contributed by atoms with E-state index in [0.29, 0.717) is 16.4 Å². The van der Waals surface area contributed by atoms with Crippen molar-refractivity contribution in [1.29, 1.82) is 0 Å². The van der Waals surface area contributed by atoms with Crippen LogP contribution in [0.25, 0.3) is 0 Å². The third-order valence-electron chi connectivity index (χ3n) is 3.49. The SMILES string of the molecule is Cl.Cl.O=C(Nc1ccc(N2CCNCC2)cn1)c1ccncc1Cl. The predicted octanol–water partition coefficient (Wildman–Crippen LogP) is 2.64. The molecule has 1 amide bonds. The summed E-state index contributed by atoms with van der Waals surface area (Å²) in [6.45, 7) is 3.86. The van der Waals surface area contributed by atoms with Crippen molar-refractivity contribution in [3.05, 3.63) is 47.4 Å². The molecule has 6 nitrogen and oxygen atoms in total. The molecule has 0 spiro atoms. The molecule has 2 aromatic rings. The van der Waals surface area contributed by atoms with Gasteiger partial charge < -0.3 is 15.5 Å². The third-order valence-corrected chi connectivity index (χ3v) is 3.79. The maximum Gasteiger partial charge on any atom is 0.258 e. The number of hydrogen-bond acceptors (Lipinski definition) is 5. The molecule has 2 aromatic heterocycles. The molecule has 0 atom stereocenters. The Morgan fingerprint density at radius 1 is 1.17 bits per heavy atom. The highest BCUT2D eigenvalue weighted by atomic mass is 35.5. The first-order chi connectivity index (χ1) is 10.7. The topological polar surface area (TPSA) is 70.2 Å². The second-order valence-corrected chi connectivity index (χ2v) is 5.36. The van der Waals surface area contributed by atoms with Crippen molar-refractivity contribution >= 4 is 53.8 Å². The fraction of sp³-hybridized carbons (Fsp3) is 0.267. The lowest BCUT2D eigenvalue weighted by Crippen LogP contribution is -2.43. The molecule has 0 bridgehead atoms. The largest absolute Gasteiger partial charge is 0.368 e. The predicted molar refractivity (Wildman–Crippen MR) is 101 cm³/mol. The number of anilines is 2. The van der Waals surface area contributed by atoms with Crippen LogP contribution in [0.4, 0.5) is 11.5 Å². The van der Waals surface area contributed by atoms with E-state index < -0.39 is 0 Å². The summed E-state index contributed by atoms with van der Waals surface area (Å²) in [4.78, 5) is 22.6. The number of hydrogen-bond donors (Lipinski definition) is 2. The molecule has 0 saturated carbocycles. The van der Waals surface area contributed by atoms with Crippen molar-refractivity contribution in [3.8, 4) is 0 Å². The molecule has 2 N–H and O–H groups in total. The van der Waals surface area contributed by atoms with E-state index in [0.717, 1.165) is 31.9 Å². The number of piperazine rings is 1. The smallest absolute Gasteiger partial charge is 0.258 e. The monoisotopic (exact) mass is 389 g/mol. The van der Waals surface area contributed by atoms with Crippen LogP contribution in [0.5, 0.6) is 0 Å². The third kappa shape index (κ3) is 4.95. The Morgan fingerprint density at radius 3 is 2.54 bits per heavy atom. The molecule has 3 heterocycles. The van der Waals surface area contributed by atoms with Gasteiger partial charge in [-0.3, -0.25) is 9.78 Å². The van der Waals surface area contributed by atoms with Gasteiger partial charge in [-0.05, 0) is 18.2 Å². The molecular weight excluding hydrogens is 373 g/mol. The zero-order valence-corrected chi connectivity index (χ0v) is 15.1. The van der Waals surface area contributed by atoms with Gasteiger partial charge >= 0.3 is 0 Å². The zero-order valence-electron chi connectivity index (χ0n) is 12.7.